The molecule has 0 radical (unpaired) electrons. The van der Waals surface area contributed by atoms with Gasteiger partial charge in [-0.1, -0.05) is 77.9 Å². The van der Waals surface area contributed by atoms with Crippen molar-refractivity contribution in [3.63, 3.8) is 0 Å². The van der Waals surface area contributed by atoms with Crippen LogP contribution in [0.4, 0.5) is 0 Å². The molecule has 5 nitrogen and oxygen atoms in total. The molecule has 7 heteroatoms. The van der Waals surface area contributed by atoms with E-state index in [0.29, 0.717) is 11.5 Å². The van der Waals surface area contributed by atoms with Gasteiger partial charge in [-0.3, -0.25) is 0 Å². The van der Waals surface area contributed by atoms with Gasteiger partial charge in [0.05, 0.1) is 0 Å². The topological polar surface area (TPSA) is 61.8 Å². The second kappa shape index (κ2) is 8.80. The van der Waals surface area contributed by atoms with E-state index < -0.39 is 16.5 Å². The van der Waals surface area contributed by atoms with Crippen LogP contribution >= 0.6 is 16.5 Å². The standard InChI is InChI=1S/C26H30O5P2/c1-25(2,3)18-9-13-22(24(15-18)26(4,5)6)23-16-20-12-14-21(23)17-7-10-19(11-8-17)29-32(27)31-33(28)30-20/h7-16,32-33H,1-6H3. The summed E-state index contributed by atoms with van der Waals surface area (Å²) in [5.74, 6) is 0.779. The molecular weight excluding hydrogens is 454 g/mol. The lowest BCUT2D eigenvalue weighted by atomic mass is 9.76. The summed E-state index contributed by atoms with van der Waals surface area (Å²) in [5, 5.41) is 0. The van der Waals surface area contributed by atoms with Crippen molar-refractivity contribution < 1.29 is 22.5 Å². The summed E-state index contributed by atoms with van der Waals surface area (Å²) in [6.45, 7) is 13.3. The highest BCUT2D eigenvalue weighted by Gasteiger charge is 2.25. The molecule has 33 heavy (non-hydrogen) atoms. The van der Waals surface area contributed by atoms with Crippen molar-refractivity contribution in [3.05, 3.63) is 71.8 Å². The van der Waals surface area contributed by atoms with E-state index >= 15 is 0 Å². The van der Waals surface area contributed by atoms with E-state index in [2.05, 4.69) is 59.7 Å². The van der Waals surface area contributed by atoms with Crippen LogP contribution in [0.5, 0.6) is 11.5 Å². The number of rotatable bonds is 1. The van der Waals surface area contributed by atoms with Crippen LogP contribution < -0.4 is 9.05 Å². The van der Waals surface area contributed by atoms with Gasteiger partial charge < -0.3 is 9.05 Å². The molecule has 174 valence electrons. The Bertz CT molecular complexity index is 1240. The Hall–Kier alpha value is -2.32. The number of benzene rings is 3. The second-order valence-corrected chi connectivity index (χ2v) is 12.5. The van der Waals surface area contributed by atoms with E-state index in [4.69, 9.17) is 13.4 Å². The molecule has 3 aliphatic heterocycles. The maximum atomic E-state index is 12.4. The molecule has 0 spiro atoms. The normalized spacial score (nSPS) is 18.6. The fourth-order valence-electron chi connectivity index (χ4n) is 3.93. The first-order valence-electron chi connectivity index (χ1n) is 10.9. The summed E-state index contributed by atoms with van der Waals surface area (Å²) in [5.41, 5.74) is 6.43. The molecule has 0 saturated carbocycles. The highest BCUT2D eigenvalue weighted by Crippen LogP contribution is 2.46. The molecule has 0 saturated heterocycles. The molecular formula is C26H30O5P2. The van der Waals surface area contributed by atoms with E-state index in [-0.39, 0.29) is 10.8 Å². The smallest absolute Gasteiger partial charge is 0.375 e. The number of hydrogen-bond donors (Lipinski definition) is 0. The van der Waals surface area contributed by atoms with E-state index in [0.717, 1.165) is 22.3 Å². The Morgan fingerprint density at radius 1 is 0.606 bits per heavy atom. The van der Waals surface area contributed by atoms with Crippen LogP contribution in [0.15, 0.2) is 60.7 Å². The quantitative estimate of drug-likeness (QED) is 0.326. The SMILES string of the molecule is CC(C)(C)c1ccc(-c2cc3ccc2-c2ccc(cc2)O[PH](=O)O[PH](=O)O3)c(C(C)(C)C)c1. The number of fused-ring (bicyclic) bond motifs is 2. The molecule has 0 amide bonds. The van der Waals surface area contributed by atoms with Crippen molar-refractivity contribution in [3.8, 4) is 33.8 Å². The van der Waals surface area contributed by atoms with Crippen molar-refractivity contribution in [2.24, 2.45) is 0 Å². The summed E-state index contributed by atoms with van der Waals surface area (Å²) < 4.78 is 40.2. The van der Waals surface area contributed by atoms with Gasteiger partial charge in [-0.25, -0.2) is 13.4 Å². The van der Waals surface area contributed by atoms with Crippen molar-refractivity contribution in [1.29, 1.82) is 0 Å². The molecule has 2 unspecified atom stereocenters. The van der Waals surface area contributed by atoms with Gasteiger partial charge in [-0.15, -0.1) is 0 Å². The molecule has 2 atom stereocenters. The monoisotopic (exact) mass is 484 g/mol. The minimum Gasteiger partial charge on any atom is -0.426 e. The fraction of sp³-hybridized carbons (Fsp3) is 0.308. The molecule has 4 bridgehead atoms. The minimum atomic E-state index is -3.05. The van der Waals surface area contributed by atoms with E-state index in [1.807, 2.05) is 24.3 Å². The van der Waals surface area contributed by atoms with Crippen LogP contribution in [0.3, 0.4) is 0 Å². The van der Waals surface area contributed by atoms with Gasteiger partial charge in [-0.2, -0.15) is 0 Å². The molecule has 3 aromatic rings. The lowest BCUT2D eigenvalue weighted by Crippen LogP contribution is -2.17. The second-order valence-electron chi connectivity index (χ2n) is 10.3. The Morgan fingerprint density at radius 2 is 1.18 bits per heavy atom. The summed E-state index contributed by atoms with van der Waals surface area (Å²) >= 11 is 0. The van der Waals surface area contributed by atoms with Gasteiger partial charge in [0.25, 0.3) is 0 Å². The zero-order valence-electron chi connectivity index (χ0n) is 19.8. The van der Waals surface area contributed by atoms with Crippen LogP contribution in [0.25, 0.3) is 22.3 Å². The Labute approximate surface area is 197 Å². The Balaban J connectivity index is 1.98. The molecule has 3 heterocycles. The summed E-state index contributed by atoms with van der Waals surface area (Å²) in [6, 6.07) is 19.5. The van der Waals surface area contributed by atoms with E-state index in [1.165, 1.54) is 11.1 Å². The molecule has 0 N–H and O–H groups in total. The van der Waals surface area contributed by atoms with Gasteiger partial charge in [0, 0.05) is 0 Å². The van der Waals surface area contributed by atoms with Crippen molar-refractivity contribution in [1.82, 2.24) is 0 Å². The minimum absolute atomic E-state index is 0.0202. The lowest BCUT2D eigenvalue weighted by molar-refractivity contribution is 0.378. The maximum Gasteiger partial charge on any atom is 0.375 e. The molecule has 3 aromatic carbocycles. The summed E-state index contributed by atoms with van der Waals surface area (Å²) in [4.78, 5) is 0. The highest BCUT2D eigenvalue weighted by atomic mass is 31.2. The zero-order valence-corrected chi connectivity index (χ0v) is 21.8. The van der Waals surface area contributed by atoms with Crippen LogP contribution in [0, 0.1) is 0 Å². The molecule has 6 rings (SSSR count). The van der Waals surface area contributed by atoms with E-state index in [1.54, 1.807) is 18.2 Å². The molecule has 0 fully saturated rings. The molecule has 0 aromatic heterocycles. The first-order valence-corrected chi connectivity index (χ1v) is 13.4. The fourth-order valence-corrected chi connectivity index (χ4v) is 5.46. The van der Waals surface area contributed by atoms with Crippen LogP contribution in [0.1, 0.15) is 52.7 Å². The predicted octanol–water partition coefficient (Wildman–Crippen LogP) is 8.18. The number of hydrogen-bond acceptors (Lipinski definition) is 5. The Morgan fingerprint density at radius 3 is 1.79 bits per heavy atom. The third-order valence-electron chi connectivity index (χ3n) is 5.71. The predicted molar refractivity (Wildman–Crippen MR) is 135 cm³/mol. The summed E-state index contributed by atoms with van der Waals surface area (Å²) in [6.07, 6.45) is 0. The van der Waals surface area contributed by atoms with Gasteiger partial charge in [0.1, 0.15) is 11.5 Å². The van der Waals surface area contributed by atoms with Crippen LogP contribution in [-0.2, 0) is 24.3 Å². The third kappa shape index (κ3) is 5.27. The van der Waals surface area contributed by atoms with Crippen molar-refractivity contribution >= 4 is 16.5 Å². The van der Waals surface area contributed by atoms with Crippen molar-refractivity contribution in [2.75, 3.05) is 0 Å². The Kier molecular flexibility index (Phi) is 6.35. The molecule has 3 aliphatic rings. The average molecular weight is 484 g/mol. The summed E-state index contributed by atoms with van der Waals surface area (Å²) in [7, 11) is -6.05. The first kappa shape index (κ1) is 23.8. The van der Waals surface area contributed by atoms with Crippen molar-refractivity contribution in [2.45, 2.75) is 52.4 Å². The van der Waals surface area contributed by atoms with Crippen LogP contribution in [-0.4, -0.2) is 0 Å². The maximum absolute atomic E-state index is 12.4. The third-order valence-corrected chi connectivity index (χ3v) is 7.85. The highest BCUT2D eigenvalue weighted by molar-refractivity contribution is 7.48. The van der Waals surface area contributed by atoms with Crippen LogP contribution in [0.2, 0.25) is 0 Å². The lowest BCUT2D eigenvalue weighted by Gasteiger charge is -2.28. The zero-order chi connectivity index (χ0) is 24.0. The van der Waals surface area contributed by atoms with E-state index in [9.17, 15) is 9.13 Å². The van der Waals surface area contributed by atoms with Gasteiger partial charge in [0.15, 0.2) is 0 Å². The van der Waals surface area contributed by atoms with Gasteiger partial charge in [-0.05, 0) is 68.5 Å². The first-order chi connectivity index (χ1) is 15.4. The van der Waals surface area contributed by atoms with Gasteiger partial charge in [0.2, 0.25) is 0 Å². The largest absolute Gasteiger partial charge is 0.426 e. The molecule has 0 aliphatic carbocycles. The average Bonchev–Trinajstić information content (AvgIpc) is 2.74. The van der Waals surface area contributed by atoms with Gasteiger partial charge >= 0.3 is 16.5 Å².